The van der Waals surface area contributed by atoms with Gasteiger partial charge in [0.1, 0.15) is 11.1 Å². The molecule has 0 bridgehead atoms. The number of halogens is 3. The van der Waals surface area contributed by atoms with Crippen molar-refractivity contribution in [2.75, 3.05) is 11.4 Å². The van der Waals surface area contributed by atoms with Crippen molar-refractivity contribution in [3.8, 4) is 0 Å². The van der Waals surface area contributed by atoms with Gasteiger partial charge in [0.2, 0.25) is 5.91 Å². The maximum atomic E-state index is 13.8. The van der Waals surface area contributed by atoms with E-state index in [-0.39, 0.29) is 12.2 Å². The van der Waals surface area contributed by atoms with Crippen molar-refractivity contribution in [1.82, 2.24) is 0 Å². The van der Waals surface area contributed by atoms with Gasteiger partial charge in [0.25, 0.3) is 0 Å². The van der Waals surface area contributed by atoms with E-state index < -0.39 is 33.6 Å². The highest BCUT2D eigenvalue weighted by molar-refractivity contribution is 9.10. The summed E-state index contributed by atoms with van der Waals surface area (Å²) in [5.74, 6) is -1.27. The Balaban J connectivity index is 2.39. The van der Waals surface area contributed by atoms with Gasteiger partial charge in [-0.2, -0.15) is 8.42 Å². The Morgan fingerprint density at radius 1 is 1.42 bits per heavy atom. The SMILES string of the molecule is Cc1cc(N2CC(S(=O)(=O)F)CC2=O)c(F)cc1Br. The lowest BCUT2D eigenvalue weighted by atomic mass is 10.2. The predicted molar refractivity (Wildman–Crippen MR) is 69.6 cm³/mol. The zero-order valence-corrected chi connectivity index (χ0v) is 12.3. The van der Waals surface area contributed by atoms with E-state index in [0.29, 0.717) is 10.0 Å². The van der Waals surface area contributed by atoms with E-state index in [0.717, 1.165) is 4.90 Å². The summed E-state index contributed by atoms with van der Waals surface area (Å²) in [6, 6.07) is 2.61. The summed E-state index contributed by atoms with van der Waals surface area (Å²) < 4.78 is 48.9. The monoisotopic (exact) mass is 353 g/mol. The van der Waals surface area contributed by atoms with Crippen molar-refractivity contribution in [1.29, 1.82) is 0 Å². The van der Waals surface area contributed by atoms with Crippen molar-refractivity contribution in [3.63, 3.8) is 0 Å². The molecule has 1 aliphatic heterocycles. The standard InChI is InChI=1S/C11H10BrF2NO3S/c1-6-2-10(9(13)4-8(6)12)15-5-7(3-11(15)16)19(14,17)18/h2,4,7H,3,5H2,1H3. The third-order valence-electron chi connectivity index (χ3n) is 3.01. The first-order valence-corrected chi connectivity index (χ1v) is 7.63. The van der Waals surface area contributed by atoms with Crippen molar-refractivity contribution in [2.24, 2.45) is 0 Å². The fourth-order valence-electron chi connectivity index (χ4n) is 1.95. The fourth-order valence-corrected chi connectivity index (χ4v) is 2.93. The summed E-state index contributed by atoms with van der Waals surface area (Å²) in [4.78, 5) is 12.7. The van der Waals surface area contributed by atoms with Gasteiger partial charge in [-0.15, -0.1) is 3.89 Å². The van der Waals surface area contributed by atoms with Gasteiger partial charge in [0.15, 0.2) is 0 Å². The Morgan fingerprint density at radius 3 is 2.58 bits per heavy atom. The molecule has 1 fully saturated rings. The van der Waals surface area contributed by atoms with Crippen LogP contribution in [0.1, 0.15) is 12.0 Å². The fraction of sp³-hybridized carbons (Fsp3) is 0.364. The number of nitrogens with zero attached hydrogens (tertiary/aromatic N) is 1. The first-order chi connectivity index (χ1) is 8.70. The second kappa shape index (κ2) is 4.82. The van der Waals surface area contributed by atoms with Crippen molar-refractivity contribution < 1.29 is 21.5 Å². The van der Waals surface area contributed by atoms with Crippen LogP contribution in [0.25, 0.3) is 0 Å². The van der Waals surface area contributed by atoms with Gasteiger partial charge >= 0.3 is 10.2 Å². The molecule has 1 unspecified atom stereocenters. The van der Waals surface area contributed by atoms with Crippen molar-refractivity contribution in [2.45, 2.75) is 18.6 Å². The molecule has 0 spiro atoms. The smallest absolute Gasteiger partial charge is 0.307 e. The molecule has 0 radical (unpaired) electrons. The Hall–Kier alpha value is -1.02. The largest absolute Gasteiger partial charge is 0.308 e. The van der Waals surface area contributed by atoms with Gasteiger partial charge in [-0.05, 0) is 24.6 Å². The summed E-state index contributed by atoms with van der Waals surface area (Å²) in [7, 11) is -4.80. The van der Waals surface area contributed by atoms with Crippen LogP contribution in [0.4, 0.5) is 14.0 Å². The lowest BCUT2D eigenvalue weighted by Crippen LogP contribution is -2.27. The molecule has 1 saturated heterocycles. The zero-order valence-electron chi connectivity index (χ0n) is 9.86. The highest BCUT2D eigenvalue weighted by atomic mass is 79.9. The number of benzene rings is 1. The number of aryl methyl sites for hydroxylation is 1. The Labute approximate surface area is 117 Å². The normalized spacial score (nSPS) is 20.1. The molecule has 1 amide bonds. The number of amides is 1. The molecule has 1 atom stereocenters. The maximum Gasteiger partial charge on any atom is 0.307 e. The van der Waals surface area contributed by atoms with Crippen LogP contribution < -0.4 is 4.90 Å². The molecule has 0 aromatic heterocycles. The van der Waals surface area contributed by atoms with Crippen LogP contribution in [0.5, 0.6) is 0 Å². The molecule has 8 heteroatoms. The number of anilines is 1. The average Bonchev–Trinajstić information content (AvgIpc) is 2.65. The van der Waals surface area contributed by atoms with Gasteiger partial charge in [-0.25, -0.2) is 4.39 Å². The van der Waals surface area contributed by atoms with Crippen LogP contribution in [-0.4, -0.2) is 26.1 Å². The molecular weight excluding hydrogens is 344 g/mol. The number of rotatable bonds is 2. The molecule has 2 rings (SSSR count). The van der Waals surface area contributed by atoms with E-state index in [9.17, 15) is 21.5 Å². The molecule has 19 heavy (non-hydrogen) atoms. The summed E-state index contributed by atoms with van der Waals surface area (Å²) in [6.45, 7) is 1.34. The molecule has 1 aromatic rings. The second-order valence-electron chi connectivity index (χ2n) is 4.36. The van der Waals surface area contributed by atoms with Gasteiger partial charge in [0, 0.05) is 17.4 Å². The number of carbonyl (C=O) groups is 1. The Kier molecular flexibility index (Phi) is 3.65. The lowest BCUT2D eigenvalue weighted by Gasteiger charge is -2.18. The van der Waals surface area contributed by atoms with Crippen LogP contribution in [-0.2, 0) is 15.0 Å². The van der Waals surface area contributed by atoms with Gasteiger partial charge in [0.05, 0.1) is 5.69 Å². The van der Waals surface area contributed by atoms with Crippen LogP contribution in [0.2, 0.25) is 0 Å². The predicted octanol–water partition coefficient (Wildman–Crippen LogP) is 2.30. The molecular formula is C11H10BrF2NO3S. The van der Waals surface area contributed by atoms with E-state index in [4.69, 9.17) is 0 Å². The van der Waals surface area contributed by atoms with Crippen LogP contribution >= 0.6 is 15.9 Å². The van der Waals surface area contributed by atoms with E-state index in [1.807, 2.05) is 0 Å². The number of hydrogen-bond donors (Lipinski definition) is 0. The number of carbonyl (C=O) groups excluding carboxylic acids is 1. The highest BCUT2D eigenvalue weighted by Gasteiger charge is 2.39. The molecule has 1 heterocycles. The average molecular weight is 354 g/mol. The molecule has 0 N–H and O–H groups in total. The highest BCUT2D eigenvalue weighted by Crippen LogP contribution is 2.31. The number of hydrogen-bond acceptors (Lipinski definition) is 3. The summed E-state index contributed by atoms with van der Waals surface area (Å²) in [6.07, 6.45) is -0.465. The quantitative estimate of drug-likeness (QED) is 0.766. The lowest BCUT2D eigenvalue weighted by molar-refractivity contribution is -0.117. The molecule has 104 valence electrons. The first-order valence-electron chi connectivity index (χ1n) is 5.39. The summed E-state index contributed by atoms with van der Waals surface area (Å²) in [5.41, 5.74) is 0.660. The van der Waals surface area contributed by atoms with E-state index in [1.54, 1.807) is 6.92 Å². The van der Waals surface area contributed by atoms with Crippen LogP contribution in [0.15, 0.2) is 16.6 Å². The minimum atomic E-state index is -4.80. The van der Waals surface area contributed by atoms with E-state index in [2.05, 4.69) is 15.9 Å². The third kappa shape index (κ3) is 2.79. The second-order valence-corrected chi connectivity index (χ2v) is 6.83. The maximum absolute atomic E-state index is 13.8. The van der Waals surface area contributed by atoms with Crippen molar-refractivity contribution in [3.05, 3.63) is 28.0 Å². The summed E-state index contributed by atoms with van der Waals surface area (Å²) >= 11 is 3.15. The van der Waals surface area contributed by atoms with Gasteiger partial charge in [-0.3, -0.25) is 4.79 Å². The molecule has 0 aliphatic carbocycles. The molecule has 1 aliphatic rings. The first kappa shape index (κ1) is 14.4. The van der Waals surface area contributed by atoms with Gasteiger partial charge < -0.3 is 4.90 Å². The molecule has 4 nitrogen and oxygen atoms in total. The Bertz CT molecular complexity index is 648. The summed E-state index contributed by atoms with van der Waals surface area (Å²) in [5, 5.41) is -1.43. The van der Waals surface area contributed by atoms with E-state index in [1.165, 1.54) is 12.1 Å². The zero-order chi connectivity index (χ0) is 14.4. The molecule has 0 saturated carbocycles. The minimum absolute atomic E-state index is 0.0307. The van der Waals surface area contributed by atoms with Crippen LogP contribution in [0.3, 0.4) is 0 Å². The molecule has 1 aromatic carbocycles. The third-order valence-corrected chi connectivity index (χ3v) is 4.97. The van der Waals surface area contributed by atoms with Crippen molar-refractivity contribution >= 4 is 37.7 Å². The van der Waals surface area contributed by atoms with Gasteiger partial charge in [-0.1, -0.05) is 15.9 Å². The van der Waals surface area contributed by atoms with E-state index >= 15 is 0 Å². The topological polar surface area (TPSA) is 54.5 Å². The Morgan fingerprint density at radius 2 is 2.05 bits per heavy atom. The van der Waals surface area contributed by atoms with Crippen LogP contribution in [0, 0.1) is 12.7 Å². The minimum Gasteiger partial charge on any atom is -0.308 e.